The molecular weight excluding hydrogens is 234 g/mol. The molecule has 2 bridgehead atoms. The smallest absolute Gasteiger partial charge is 0.119 e. The predicted molar refractivity (Wildman–Crippen MR) is 78.3 cm³/mol. The van der Waals surface area contributed by atoms with Gasteiger partial charge in [-0.3, -0.25) is 0 Å². The number of benzene rings is 1. The SMILES string of the molecule is COc1cccc([C@H](C)NCC2CC3C=CC2C3)c1. The summed E-state index contributed by atoms with van der Waals surface area (Å²) in [5.41, 5.74) is 1.30. The van der Waals surface area contributed by atoms with Gasteiger partial charge >= 0.3 is 0 Å². The average Bonchev–Trinajstić information content (AvgIpc) is 3.07. The molecule has 0 amide bonds. The third-order valence-electron chi connectivity index (χ3n) is 4.70. The number of allylic oxidation sites excluding steroid dienone is 2. The first-order chi connectivity index (χ1) is 9.26. The van der Waals surface area contributed by atoms with E-state index in [1.54, 1.807) is 7.11 Å². The van der Waals surface area contributed by atoms with Gasteiger partial charge in [-0.25, -0.2) is 0 Å². The van der Waals surface area contributed by atoms with Gasteiger partial charge in [0.2, 0.25) is 0 Å². The Hall–Kier alpha value is -1.28. The second-order valence-corrected chi connectivity index (χ2v) is 5.95. The van der Waals surface area contributed by atoms with E-state index in [0.717, 1.165) is 30.0 Å². The molecule has 0 aliphatic heterocycles. The van der Waals surface area contributed by atoms with Gasteiger partial charge in [-0.05, 0) is 61.8 Å². The quantitative estimate of drug-likeness (QED) is 0.814. The van der Waals surface area contributed by atoms with Crippen LogP contribution in [-0.2, 0) is 0 Å². The molecule has 1 saturated carbocycles. The van der Waals surface area contributed by atoms with Gasteiger partial charge in [-0.2, -0.15) is 0 Å². The van der Waals surface area contributed by atoms with E-state index in [2.05, 4.69) is 42.6 Å². The number of methoxy groups -OCH3 is 1. The molecule has 3 unspecified atom stereocenters. The highest BCUT2D eigenvalue weighted by Crippen LogP contribution is 2.43. The van der Waals surface area contributed by atoms with E-state index in [1.807, 2.05) is 6.07 Å². The summed E-state index contributed by atoms with van der Waals surface area (Å²) >= 11 is 0. The summed E-state index contributed by atoms with van der Waals surface area (Å²) in [7, 11) is 1.72. The van der Waals surface area contributed by atoms with Gasteiger partial charge in [0, 0.05) is 6.04 Å². The van der Waals surface area contributed by atoms with Crippen LogP contribution in [-0.4, -0.2) is 13.7 Å². The highest BCUT2D eigenvalue weighted by Gasteiger charge is 2.35. The van der Waals surface area contributed by atoms with Crippen molar-refractivity contribution in [2.24, 2.45) is 17.8 Å². The summed E-state index contributed by atoms with van der Waals surface area (Å²) in [6.07, 6.45) is 7.60. The molecule has 2 aliphatic rings. The van der Waals surface area contributed by atoms with Crippen molar-refractivity contribution < 1.29 is 4.74 Å². The van der Waals surface area contributed by atoms with Gasteiger partial charge in [0.15, 0.2) is 0 Å². The second-order valence-electron chi connectivity index (χ2n) is 5.95. The standard InChI is InChI=1S/C17H23NO/c1-12(14-4-3-5-17(10-14)19-2)18-11-16-9-13-6-7-15(16)8-13/h3-7,10,12-13,15-16,18H,8-9,11H2,1-2H3/t12-,13?,15?,16?/m0/s1. The van der Waals surface area contributed by atoms with Crippen molar-refractivity contribution in [3.05, 3.63) is 42.0 Å². The molecule has 0 spiro atoms. The minimum absolute atomic E-state index is 0.387. The van der Waals surface area contributed by atoms with E-state index in [-0.39, 0.29) is 0 Å². The third-order valence-corrected chi connectivity index (χ3v) is 4.70. The van der Waals surface area contributed by atoms with Gasteiger partial charge in [-0.1, -0.05) is 24.3 Å². The van der Waals surface area contributed by atoms with Crippen molar-refractivity contribution in [2.75, 3.05) is 13.7 Å². The van der Waals surface area contributed by atoms with Gasteiger partial charge in [0.1, 0.15) is 5.75 Å². The van der Waals surface area contributed by atoms with Crippen molar-refractivity contribution in [3.8, 4) is 5.75 Å². The zero-order chi connectivity index (χ0) is 13.2. The van der Waals surface area contributed by atoms with E-state index in [1.165, 1.54) is 18.4 Å². The molecule has 1 aromatic rings. The van der Waals surface area contributed by atoms with Gasteiger partial charge in [0.25, 0.3) is 0 Å². The maximum atomic E-state index is 5.29. The fourth-order valence-corrected chi connectivity index (χ4v) is 3.49. The van der Waals surface area contributed by atoms with Crippen molar-refractivity contribution >= 4 is 0 Å². The monoisotopic (exact) mass is 257 g/mol. The number of fused-ring (bicyclic) bond motifs is 2. The minimum Gasteiger partial charge on any atom is -0.497 e. The Morgan fingerprint density at radius 3 is 2.89 bits per heavy atom. The van der Waals surface area contributed by atoms with Gasteiger partial charge in [-0.15, -0.1) is 0 Å². The molecule has 0 radical (unpaired) electrons. The number of hydrogen-bond acceptors (Lipinski definition) is 2. The van der Waals surface area contributed by atoms with E-state index in [4.69, 9.17) is 4.74 Å². The summed E-state index contributed by atoms with van der Waals surface area (Å²) < 4.78 is 5.29. The Morgan fingerprint density at radius 1 is 1.32 bits per heavy atom. The number of nitrogens with one attached hydrogen (secondary N) is 1. The van der Waals surface area contributed by atoms with Crippen LogP contribution in [0.15, 0.2) is 36.4 Å². The summed E-state index contributed by atoms with van der Waals surface area (Å²) in [5.74, 6) is 3.47. The first-order valence-corrected chi connectivity index (χ1v) is 7.32. The van der Waals surface area contributed by atoms with Crippen molar-refractivity contribution in [1.29, 1.82) is 0 Å². The molecule has 0 aromatic heterocycles. The summed E-state index contributed by atoms with van der Waals surface area (Å²) in [5, 5.41) is 3.69. The molecule has 2 aliphatic carbocycles. The lowest BCUT2D eigenvalue weighted by atomic mass is 9.93. The van der Waals surface area contributed by atoms with E-state index >= 15 is 0 Å². The minimum atomic E-state index is 0.387. The van der Waals surface area contributed by atoms with Crippen LogP contribution in [0.5, 0.6) is 5.75 Å². The zero-order valence-corrected chi connectivity index (χ0v) is 11.8. The van der Waals surface area contributed by atoms with Crippen LogP contribution in [0.4, 0.5) is 0 Å². The second kappa shape index (κ2) is 5.38. The molecule has 3 rings (SSSR count). The number of rotatable bonds is 5. The molecule has 2 nitrogen and oxygen atoms in total. The lowest BCUT2D eigenvalue weighted by Crippen LogP contribution is -2.27. The molecule has 0 heterocycles. The maximum Gasteiger partial charge on any atom is 0.119 e. The summed E-state index contributed by atoms with van der Waals surface area (Å²) in [6.45, 7) is 3.36. The van der Waals surface area contributed by atoms with E-state index in [9.17, 15) is 0 Å². The molecule has 0 saturated heterocycles. The first kappa shape index (κ1) is 12.7. The van der Waals surface area contributed by atoms with Crippen LogP contribution in [0.3, 0.4) is 0 Å². The largest absolute Gasteiger partial charge is 0.497 e. The fourth-order valence-electron chi connectivity index (χ4n) is 3.49. The van der Waals surface area contributed by atoms with Crippen LogP contribution in [0.1, 0.15) is 31.4 Å². The normalized spacial score (nSPS) is 29.7. The zero-order valence-electron chi connectivity index (χ0n) is 11.8. The molecular formula is C17H23NO. The molecule has 102 valence electrons. The fraction of sp³-hybridized carbons (Fsp3) is 0.529. The Balaban J connectivity index is 1.56. The molecule has 2 heteroatoms. The molecule has 19 heavy (non-hydrogen) atoms. The topological polar surface area (TPSA) is 21.3 Å². The maximum absolute atomic E-state index is 5.29. The molecule has 4 atom stereocenters. The lowest BCUT2D eigenvalue weighted by molar-refractivity contribution is 0.391. The Morgan fingerprint density at radius 2 is 2.21 bits per heavy atom. The van der Waals surface area contributed by atoms with Gasteiger partial charge < -0.3 is 10.1 Å². The van der Waals surface area contributed by atoms with Crippen LogP contribution in [0.25, 0.3) is 0 Å². The Bertz CT molecular complexity index is 468. The predicted octanol–water partition coefficient (Wildman–Crippen LogP) is 3.56. The molecule has 1 aromatic carbocycles. The summed E-state index contributed by atoms with van der Waals surface area (Å²) in [4.78, 5) is 0. The van der Waals surface area contributed by atoms with E-state index in [0.29, 0.717) is 6.04 Å². The van der Waals surface area contributed by atoms with Crippen molar-refractivity contribution in [1.82, 2.24) is 5.32 Å². The highest BCUT2D eigenvalue weighted by molar-refractivity contribution is 5.30. The number of hydrogen-bond donors (Lipinski definition) is 1. The Kier molecular flexibility index (Phi) is 3.61. The highest BCUT2D eigenvalue weighted by atomic mass is 16.5. The Labute approximate surface area is 115 Å². The third kappa shape index (κ3) is 2.69. The van der Waals surface area contributed by atoms with Crippen LogP contribution in [0.2, 0.25) is 0 Å². The van der Waals surface area contributed by atoms with Crippen molar-refractivity contribution in [3.63, 3.8) is 0 Å². The first-order valence-electron chi connectivity index (χ1n) is 7.32. The number of ether oxygens (including phenoxy) is 1. The van der Waals surface area contributed by atoms with Crippen LogP contribution in [0, 0.1) is 17.8 Å². The van der Waals surface area contributed by atoms with Gasteiger partial charge in [0.05, 0.1) is 7.11 Å². The van der Waals surface area contributed by atoms with E-state index < -0.39 is 0 Å². The average molecular weight is 257 g/mol. The lowest BCUT2D eigenvalue weighted by Gasteiger charge is -2.22. The van der Waals surface area contributed by atoms with Crippen molar-refractivity contribution in [2.45, 2.75) is 25.8 Å². The summed E-state index contributed by atoms with van der Waals surface area (Å²) in [6, 6.07) is 8.74. The molecule has 1 fully saturated rings. The molecule has 1 N–H and O–H groups in total. The van der Waals surface area contributed by atoms with Crippen LogP contribution < -0.4 is 10.1 Å². The van der Waals surface area contributed by atoms with Crippen LogP contribution >= 0.6 is 0 Å².